The minimum absolute atomic E-state index is 0.214. The van der Waals surface area contributed by atoms with Gasteiger partial charge in [0.05, 0.1) is 5.56 Å². The summed E-state index contributed by atoms with van der Waals surface area (Å²) >= 11 is 0. The van der Waals surface area contributed by atoms with Crippen molar-refractivity contribution < 1.29 is 4.79 Å². The van der Waals surface area contributed by atoms with Crippen LogP contribution < -0.4 is 10.6 Å². The summed E-state index contributed by atoms with van der Waals surface area (Å²) in [6.07, 6.45) is 5.84. The molecular weight excluding hydrogens is 324 g/mol. The van der Waals surface area contributed by atoms with Gasteiger partial charge in [-0.1, -0.05) is 12.1 Å². The third-order valence-electron chi connectivity index (χ3n) is 4.32. The average molecular weight is 344 g/mol. The molecule has 1 saturated carbocycles. The van der Waals surface area contributed by atoms with Gasteiger partial charge in [0.15, 0.2) is 0 Å². The monoisotopic (exact) mass is 344 g/mol. The van der Waals surface area contributed by atoms with Gasteiger partial charge in [-0.2, -0.15) is 0 Å². The molecule has 1 amide bonds. The van der Waals surface area contributed by atoms with E-state index in [2.05, 4.69) is 38.8 Å². The van der Waals surface area contributed by atoms with E-state index in [1.165, 1.54) is 12.8 Å². The lowest BCUT2D eigenvalue weighted by molar-refractivity contribution is 0.102. The fourth-order valence-electron chi connectivity index (χ4n) is 2.68. The maximum absolute atomic E-state index is 12.2. The van der Waals surface area contributed by atoms with Crippen molar-refractivity contribution in [3.63, 3.8) is 0 Å². The Hall–Kier alpha value is -3.21. The van der Waals surface area contributed by atoms with Crippen LogP contribution in [0.5, 0.6) is 0 Å². The second-order valence-electron chi connectivity index (χ2n) is 6.57. The number of nitrogens with one attached hydrogen (secondary N) is 2. The molecule has 0 atom stereocenters. The van der Waals surface area contributed by atoms with E-state index in [1.807, 2.05) is 31.2 Å². The number of nitrogens with zero attached hydrogens (tertiary/aromatic N) is 2. The van der Waals surface area contributed by atoms with Crippen LogP contribution in [0.3, 0.4) is 0 Å². The van der Waals surface area contributed by atoms with Crippen molar-refractivity contribution >= 4 is 17.4 Å². The van der Waals surface area contributed by atoms with Gasteiger partial charge >= 0.3 is 0 Å². The third kappa shape index (κ3) is 3.88. The standard InChI is InChI=1S/C21H20N4O/c1-14-5-6-17(13-22-14)21(26)25-20-10-7-16(12-23-20)15-3-2-4-19(11-15)24-18-8-9-18/h2-7,10-13,18,24H,8-9H2,1H3,(H,23,25,26). The maximum atomic E-state index is 12.2. The summed E-state index contributed by atoms with van der Waals surface area (Å²) in [6, 6.07) is 16.3. The summed E-state index contributed by atoms with van der Waals surface area (Å²) < 4.78 is 0. The number of hydrogen-bond donors (Lipinski definition) is 2. The Labute approximate surface area is 152 Å². The number of anilines is 2. The molecule has 1 aliphatic carbocycles. The predicted octanol–water partition coefficient (Wildman–Crippen LogP) is 4.28. The molecule has 0 saturated heterocycles. The fraction of sp³-hybridized carbons (Fsp3) is 0.190. The highest BCUT2D eigenvalue weighted by Gasteiger charge is 2.20. The summed E-state index contributed by atoms with van der Waals surface area (Å²) in [6.45, 7) is 1.89. The van der Waals surface area contributed by atoms with Gasteiger partial charge in [-0.05, 0) is 61.7 Å². The first-order valence-electron chi connectivity index (χ1n) is 8.74. The van der Waals surface area contributed by atoms with E-state index >= 15 is 0 Å². The van der Waals surface area contributed by atoms with Crippen molar-refractivity contribution in [3.05, 3.63) is 72.2 Å². The van der Waals surface area contributed by atoms with E-state index in [0.717, 1.165) is 22.5 Å². The predicted molar refractivity (Wildman–Crippen MR) is 103 cm³/mol. The van der Waals surface area contributed by atoms with E-state index in [4.69, 9.17) is 0 Å². The molecule has 1 fully saturated rings. The number of pyridine rings is 2. The minimum Gasteiger partial charge on any atom is -0.382 e. The molecule has 2 N–H and O–H groups in total. The Morgan fingerprint density at radius 1 is 1.00 bits per heavy atom. The molecule has 5 nitrogen and oxygen atoms in total. The highest BCUT2D eigenvalue weighted by atomic mass is 16.1. The van der Waals surface area contributed by atoms with Crippen LogP contribution in [-0.2, 0) is 0 Å². The van der Waals surface area contributed by atoms with Gasteiger partial charge in [0.1, 0.15) is 5.82 Å². The fourth-order valence-corrected chi connectivity index (χ4v) is 2.68. The van der Waals surface area contributed by atoms with Crippen LogP contribution in [0.25, 0.3) is 11.1 Å². The van der Waals surface area contributed by atoms with Gasteiger partial charge in [-0.15, -0.1) is 0 Å². The molecule has 3 aromatic rings. The van der Waals surface area contributed by atoms with E-state index < -0.39 is 0 Å². The zero-order valence-corrected chi connectivity index (χ0v) is 14.6. The lowest BCUT2D eigenvalue weighted by Crippen LogP contribution is -2.13. The van der Waals surface area contributed by atoms with E-state index in [1.54, 1.807) is 18.5 Å². The van der Waals surface area contributed by atoms with Crippen LogP contribution in [0.1, 0.15) is 28.9 Å². The maximum Gasteiger partial charge on any atom is 0.258 e. The molecule has 1 aliphatic rings. The molecule has 5 heteroatoms. The van der Waals surface area contributed by atoms with E-state index in [0.29, 0.717) is 17.4 Å². The normalized spacial score (nSPS) is 13.3. The Morgan fingerprint density at radius 2 is 1.88 bits per heavy atom. The van der Waals surface area contributed by atoms with Crippen LogP contribution in [0.4, 0.5) is 11.5 Å². The van der Waals surface area contributed by atoms with Crippen LogP contribution in [0, 0.1) is 6.92 Å². The molecule has 0 bridgehead atoms. The molecule has 0 unspecified atom stereocenters. The number of hydrogen-bond acceptors (Lipinski definition) is 4. The first-order chi connectivity index (χ1) is 12.7. The van der Waals surface area contributed by atoms with Crippen molar-refractivity contribution in [1.82, 2.24) is 9.97 Å². The summed E-state index contributed by atoms with van der Waals surface area (Å²) in [4.78, 5) is 20.7. The molecule has 130 valence electrons. The Balaban J connectivity index is 1.46. The molecular formula is C21H20N4O. The Morgan fingerprint density at radius 3 is 2.58 bits per heavy atom. The summed E-state index contributed by atoms with van der Waals surface area (Å²) in [5.41, 5.74) is 4.64. The molecule has 1 aromatic carbocycles. The smallest absolute Gasteiger partial charge is 0.258 e. The van der Waals surface area contributed by atoms with Crippen molar-refractivity contribution in [2.45, 2.75) is 25.8 Å². The number of aromatic nitrogens is 2. The molecule has 0 aliphatic heterocycles. The number of aryl methyl sites for hydroxylation is 1. The zero-order chi connectivity index (χ0) is 17.9. The van der Waals surface area contributed by atoms with Crippen LogP contribution in [-0.4, -0.2) is 21.9 Å². The van der Waals surface area contributed by atoms with Gasteiger partial charge in [0, 0.05) is 35.4 Å². The molecule has 0 radical (unpaired) electrons. The molecule has 0 spiro atoms. The Bertz CT molecular complexity index is 916. The van der Waals surface area contributed by atoms with Crippen LogP contribution in [0.15, 0.2) is 60.9 Å². The highest BCUT2D eigenvalue weighted by molar-refractivity contribution is 6.03. The van der Waals surface area contributed by atoms with Gasteiger partial charge in [0.2, 0.25) is 0 Å². The van der Waals surface area contributed by atoms with Crippen molar-refractivity contribution in [3.8, 4) is 11.1 Å². The van der Waals surface area contributed by atoms with Crippen LogP contribution in [0.2, 0.25) is 0 Å². The SMILES string of the molecule is Cc1ccc(C(=O)Nc2ccc(-c3cccc(NC4CC4)c3)cn2)cn1. The average Bonchev–Trinajstić information content (AvgIpc) is 3.47. The largest absolute Gasteiger partial charge is 0.382 e. The number of amides is 1. The van der Waals surface area contributed by atoms with E-state index in [9.17, 15) is 4.79 Å². The molecule has 2 aromatic heterocycles. The quantitative estimate of drug-likeness (QED) is 0.725. The summed E-state index contributed by atoms with van der Waals surface area (Å²) in [7, 11) is 0. The highest BCUT2D eigenvalue weighted by Crippen LogP contribution is 2.28. The number of carbonyl (C=O) groups is 1. The second-order valence-corrected chi connectivity index (χ2v) is 6.57. The van der Waals surface area contributed by atoms with Crippen molar-refractivity contribution in [2.24, 2.45) is 0 Å². The van der Waals surface area contributed by atoms with Gasteiger partial charge in [-0.3, -0.25) is 9.78 Å². The number of carbonyl (C=O) groups excluding carboxylic acids is 1. The Kier molecular flexibility index (Phi) is 4.35. The third-order valence-corrected chi connectivity index (χ3v) is 4.32. The van der Waals surface area contributed by atoms with Gasteiger partial charge in [-0.25, -0.2) is 4.98 Å². The lowest BCUT2D eigenvalue weighted by Gasteiger charge is -2.08. The topological polar surface area (TPSA) is 66.9 Å². The van der Waals surface area contributed by atoms with Gasteiger partial charge < -0.3 is 10.6 Å². The summed E-state index contributed by atoms with van der Waals surface area (Å²) in [5, 5.41) is 6.30. The second kappa shape index (κ2) is 6.96. The number of benzene rings is 1. The summed E-state index contributed by atoms with van der Waals surface area (Å²) in [5.74, 6) is 0.306. The molecule has 2 heterocycles. The van der Waals surface area contributed by atoms with Gasteiger partial charge in [0.25, 0.3) is 5.91 Å². The van der Waals surface area contributed by atoms with Crippen molar-refractivity contribution in [2.75, 3.05) is 10.6 Å². The van der Waals surface area contributed by atoms with Crippen molar-refractivity contribution in [1.29, 1.82) is 0 Å². The minimum atomic E-state index is -0.214. The zero-order valence-electron chi connectivity index (χ0n) is 14.6. The first-order valence-corrected chi connectivity index (χ1v) is 8.74. The van der Waals surface area contributed by atoms with Crippen LogP contribution >= 0.6 is 0 Å². The first kappa shape index (κ1) is 16.3. The lowest BCUT2D eigenvalue weighted by atomic mass is 10.1. The number of rotatable bonds is 5. The molecule has 4 rings (SSSR count). The van der Waals surface area contributed by atoms with E-state index in [-0.39, 0.29) is 5.91 Å². The molecule has 26 heavy (non-hydrogen) atoms.